The summed E-state index contributed by atoms with van der Waals surface area (Å²) < 4.78 is 0. The molecule has 0 fully saturated rings. The Morgan fingerprint density at radius 3 is 2.47 bits per heavy atom. The monoisotopic (exact) mass is 273 g/mol. The number of thiocarbonyl (C=S) groups is 1. The topological polar surface area (TPSA) is 28.0 Å². The third-order valence-corrected chi connectivity index (χ3v) is 3.51. The first-order valence-corrected chi connectivity index (χ1v) is 6.77. The minimum Gasteiger partial charge on any atom is -0.315 e. The smallest absolute Gasteiger partial charge is 0.218 e. The Morgan fingerprint density at radius 2 is 1.95 bits per heavy atom. The molecule has 0 amide bonds. The van der Waals surface area contributed by atoms with E-state index in [0.717, 1.165) is 5.56 Å². The van der Waals surface area contributed by atoms with Crippen LogP contribution >= 0.6 is 12.2 Å². The molecule has 1 aliphatic rings. The van der Waals surface area contributed by atoms with Gasteiger partial charge < -0.3 is 4.90 Å². The van der Waals surface area contributed by atoms with E-state index in [1.807, 2.05) is 11.0 Å². The van der Waals surface area contributed by atoms with Gasteiger partial charge in [0.05, 0.1) is 0 Å². The van der Waals surface area contributed by atoms with Crippen molar-refractivity contribution in [2.45, 2.75) is 32.4 Å². The van der Waals surface area contributed by atoms with Gasteiger partial charge in [0, 0.05) is 6.54 Å². The molecule has 1 aromatic carbocycles. The Hall–Kier alpha value is -1.55. The number of nitrogens with zero attached hydrogens (tertiary/aromatic N) is 3. The van der Waals surface area contributed by atoms with Crippen molar-refractivity contribution < 1.29 is 0 Å². The van der Waals surface area contributed by atoms with E-state index in [-0.39, 0.29) is 11.6 Å². The first-order chi connectivity index (χ1) is 8.93. The quantitative estimate of drug-likeness (QED) is 0.609. The predicted molar refractivity (Wildman–Crippen MR) is 82.2 cm³/mol. The van der Waals surface area contributed by atoms with Crippen molar-refractivity contribution in [2.24, 2.45) is 10.2 Å². The van der Waals surface area contributed by atoms with E-state index < -0.39 is 0 Å². The van der Waals surface area contributed by atoms with Crippen LogP contribution in [0.4, 0.5) is 0 Å². The summed E-state index contributed by atoms with van der Waals surface area (Å²) in [6, 6.07) is 8.51. The molecule has 1 atom stereocenters. The van der Waals surface area contributed by atoms with Gasteiger partial charge in [0.1, 0.15) is 0 Å². The van der Waals surface area contributed by atoms with Gasteiger partial charge in [-0.2, -0.15) is 5.11 Å². The van der Waals surface area contributed by atoms with Crippen molar-refractivity contribution in [1.82, 2.24) is 4.90 Å². The van der Waals surface area contributed by atoms with Crippen molar-refractivity contribution in [3.8, 4) is 0 Å². The average molecular weight is 273 g/mol. The van der Waals surface area contributed by atoms with Crippen LogP contribution in [0.2, 0.25) is 0 Å². The highest BCUT2D eigenvalue weighted by atomic mass is 32.1. The van der Waals surface area contributed by atoms with Gasteiger partial charge in [0.2, 0.25) is 5.11 Å². The second-order valence-electron chi connectivity index (χ2n) is 5.68. The largest absolute Gasteiger partial charge is 0.315 e. The molecular formula is C15H19N3S. The molecule has 0 spiro atoms. The van der Waals surface area contributed by atoms with Gasteiger partial charge in [0.15, 0.2) is 6.17 Å². The fourth-order valence-corrected chi connectivity index (χ4v) is 2.27. The first kappa shape index (κ1) is 13.9. The van der Waals surface area contributed by atoms with Crippen LogP contribution < -0.4 is 0 Å². The summed E-state index contributed by atoms with van der Waals surface area (Å²) in [6.45, 7) is 11.0. The van der Waals surface area contributed by atoms with Crippen molar-refractivity contribution in [1.29, 1.82) is 0 Å². The lowest BCUT2D eigenvalue weighted by Gasteiger charge is -2.23. The summed E-state index contributed by atoms with van der Waals surface area (Å²) in [7, 11) is 0. The average Bonchev–Trinajstić information content (AvgIpc) is 2.71. The molecular weight excluding hydrogens is 254 g/mol. The molecule has 0 N–H and O–H groups in total. The molecule has 0 saturated carbocycles. The SMILES string of the molecule is C=CCN1C(=S)N=NC1c1ccc(C(C)(C)C)cc1. The second-order valence-corrected chi connectivity index (χ2v) is 6.05. The lowest BCUT2D eigenvalue weighted by molar-refractivity contribution is 0.380. The van der Waals surface area contributed by atoms with Crippen LogP contribution in [0, 0.1) is 0 Å². The van der Waals surface area contributed by atoms with Crippen molar-refractivity contribution in [2.75, 3.05) is 6.54 Å². The van der Waals surface area contributed by atoms with Gasteiger partial charge in [-0.15, -0.1) is 11.7 Å². The van der Waals surface area contributed by atoms with Gasteiger partial charge in [-0.1, -0.05) is 51.1 Å². The Balaban J connectivity index is 2.25. The molecule has 0 radical (unpaired) electrons. The minimum absolute atomic E-state index is 0.112. The normalized spacial score (nSPS) is 19.0. The number of benzene rings is 1. The highest BCUT2D eigenvalue weighted by molar-refractivity contribution is 7.80. The zero-order valence-corrected chi connectivity index (χ0v) is 12.4. The van der Waals surface area contributed by atoms with Gasteiger partial charge in [-0.25, -0.2) is 0 Å². The molecule has 0 saturated heterocycles. The maximum Gasteiger partial charge on any atom is 0.218 e. The number of rotatable bonds is 3. The number of azo groups is 1. The van der Waals surface area contributed by atoms with E-state index in [9.17, 15) is 0 Å². The van der Waals surface area contributed by atoms with Crippen LogP contribution in [-0.2, 0) is 5.41 Å². The molecule has 1 aliphatic heterocycles. The van der Waals surface area contributed by atoms with Crippen molar-refractivity contribution in [3.05, 3.63) is 48.0 Å². The van der Waals surface area contributed by atoms with E-state index in [2.05, 4.69) is 61.8 Å². The molecule has 4 heteroatoms. The maximum atomic E-state index is 5.19. The lowest BCUT2D eigenvalue weighted by atomic mass is 9.86. The van der Waals surface area contributed by atoms with E-state index in [4.69, 9.17) is 12.2 Å². The standard InChI is InChI=1S/C15H19N3S/c1-5-10-18-13(16-17-14(18)19)11-6-8-12(9-7-11)15(2,3)4/h5-9,13H,1,10H2,2-4H3. The van der Waals surface area contributed by atoms with Crippen LogP contribution in [-0.4, -0.2) is 16.6 Å². The summed E-state index contributed by atoms with van der Waals surface area (Å²) in [5.41, 5.74) is 2.58. The van der Waals surface area contributed by atoms with Gasteiger partial charge in [-0.3, -0.25) is 0 Å². The number of hydrogen-bond acceptors (Lipinski definition) is 2. The van der Waals surface area contributed by atoms with Crippen LogP contribution in [0.3, 0.4) is 0 Å². The highest BCUT2D eigenvalue weighted by Crippen LogP contribution is 2.30. The fourth-order valence-electron chi connectivity index (χ4n) is 2.05. The molecule has 1 aromatic rings. The van der Waals surface area contributed by atoms with E-state index in [1.165, 1.54) is 5.56 Å². The van der Waals surface area contributed by atoms with Crippen LogP contribution in [0.5, 0.6) is 0 Å². The molecule has 0 aliphatic carbocycles. The molecule has 3 nitrogen and oxygen atoms in total. The van der Waals surface area contributed by atoms with Crippen molar-refractivity contribution in [3.63, 3.8) is 0 Å². The summed E-state index contributed by atoms with van der Waals surface area (Å²) >= 11 is 5.19. The third-order valence-electron chi connectivity index (χ3n) is 3.19. The van der Waals surface area contributed by atoms with Gasteiger partial charge in [0.25, 0.3) is 0 Å². The Labute approximate surface area is 120 Å². The molecule has 0 aromatic heterocycles. The molecule has 1 heterocycles. The Kier molecular flexibility index (Phi) is 3.80. The maximum absolute atomic E-state index is 5.19. The predicted octanol–water partition coefficient (Wildman–Crippen LogP) is 4.22. The minimum atomic E-state index is -0.112. The third kappa shape index (κ3) is 2.89. The number of hydrogen-bond donors (Lipinski definition) is 0. The lowest BCUT2D eigenvalue weighted by Crippen LogP contribution is -2.27. The molecule has 0 bridgehead atoms. The van der Waals surface area contributed by atoms with Crippen molar-refractivity contribution >= 4 is 17.3 Å². The molecule has 19 heavy (non-hydrogen) atoms. The fraction of sp³-hybridized carbons (Fsp3) is 0.400. The van der Waals surface area contributed by atoms with Crippen LogP contribution in [0.15, 0.2) is 47.1 Å². The second kappa shape index (κ2) is 5.21. The zero-order chi connectivity index (χ0) is 14.0. The molecule has 2 rings (SSSR count). The van der Waals surface area contributed by atoms with E-state index in [1.54, 1.807) is 0 Å². The summed E-state index contributed by atoms with van der Waals surface area (Å²) in [5.74, 6) is 0. The molecule has 1 unspecified atom stereocenters. The summed E-state index contributed by atoms with van der Waals surface area (Å²) in [5, 5.41) is 8.77. The summed E-state index contributed by atoms with van der Waals surface area (Å²) in [6.07, 6.45) is 1.71. The van der Waals surface area contributed by atoms with Crippen LogP contribution in [0.25, 0.3) is 0 Å². The zero-order valence-electron chi connectivity index (χ0n) is 11.6. The van der Waals surface area contributed by atoms with Crippen LogP contribution in [0.1, 0.15) is 38.1 Å². The van der Waals surface area contributed by atoms with E-state index in [0.29, 0.717) is 11.7 Å². The van der Waals surface area contributed by atoms with Gasteiger partial charge >= 0.3 is 0 Å². The Morgan fingerprint density at radius 1 is 1.32 bits per heavy atom. The highest BCUT2D eigenvalue weighted by Gasteiger charge is 2.27. The van der Waals surface area contributed by atoms with E-state index >= 15 is 0 Å². The Bertz CT molecular complexity index is 511. The molecule has 100 valence electrons. The van der Waals surface area contributed by atoms with Gasteiger partial charge in [-0.05, 0) is 28.8 Å². The summed E-state index contributed by atoms with van der Waals surface area (Å²) in [4.78, 5) is 1.97. The first-order valence-electron chi connectivity index (χ1n) is 6.36.